The number of aromatic nitrogens is 1. The number of hydrogen-bond donors (Lipinski definition) is 0. The summed E-state index contributed by atoms with van der Waals surface area (Å²) in [7, 11) is 0. The van der Waals surface area contributed by atoms with Crippen LogP contribution >= 0.6 is 0 Å². The molecule has 0 saturated carbocycles. The molecule has 1 aromatic heterocycles. The van der Waals surface area contributed by atoms with Crippen LogP contribution in [0, 0.1) is 0 Å². The summed E-state index contributed by atoms with van der Waals surface area (Å²) in [5.74, 6) is 1.94. The Morgan fingerprint density at radius 3 is 2.37 bits per heavy atom. The van der Waals surface area contributed by atoms with Crippen molar-refractivity contribution in [3.63, 3.8) is 0 Å². The van der Waals surface area contributed by atoms with E-state index in [0.717, 1.165) is 11.5 Å². The van der Waals surface area contributed by atoms with Crippen LogP contribution in [0.5, 0.6) is 11.5 Å². The SMILES string of the molecule is c1ccc2c(c1)Oc1cccc3c1B2c1cccc2c4ccccc4n-3c12. The van der Waals surface area contributed by atoms with Crippen molar-refractivity contribution in [2.75, 3.05) is 0 Å². The Morgan fingerprint density at radius 2 is 1.37 bits per heavy atom. The molecule has 2 aliphatic rings. The van der Waals surface area contributed by atoms with E-state index in [1.165, 1.54) is 43.9 Å². The number of ether oxygens (including phenoxy) is 1. The van der Waals surface area contributed by atoms with Crippen molar-refractivity contribution in [1.82, 2.24) is 4.57 Å². The lowest BCUT2D eigenvalue weighted by molar-refractivity contribution is 0.487. The molecule has 0 amide bonds. The van der Waals surface area contributed by atoms with Gasteiger partial charge >= 0.3 is 0 Å². The van der Waals surface area contributed by atoms with E-state index in [1.807, 2.05) is 6.07 Å². The van der Waals surface area contributed by atoms with Crippen LogP contribution in [-0.4, -0.2) is 11.3 Å². The summed E-state index contributed by atoms with van der Waals surface area (Å²) in [5, 5.41) is 2.63. The topological polar surface area (TPSA) is 14.2 Å². The zero-order chi connectivity index (χ0) is 17.5. The summed E-state index contributed by atoms with van der Waals surface area (Å²) >= 11 is 0. The second-order valence-electron chi connectivity index (χ2n) is 7.36. The second-order valence-corrected chi connectivity index (χ2v) is 7.36. The first-order valence-electron chi connectivity index (χ1n) is 9.34. The molecule has 2 aliphatic heterocycles. The molecule has 0 fully saturated rings. The molecule has 0 aliphatic carbocycles. The van der Waals surface area contributed by atoms with Crippen molar-refractivity contribution in [2.45, 2.75) is 0 Å². The highest BCUT2D eigenvalue weighted by atomic mass is 16.5. The summed E-state index contributed by atoms with van der Waals surface area (Å²) in [6.45, 7) is 0.210. The van der Waals surface area contributed by atoms with E-state index >= 15 is 0 Å². The standard InChI is InChI=1S/C24H14BNO/c1-3-11-19-15(7-1)16-8-5-10-18-24(16)26(19)20-12-6-14-22-23(20)25(18)17-9-2-4-13-21(17)27-22/h1-14H. The van der Waals surface area contributed by atoms with Gasteiger partial charge in [0.2, 0.25) is 0 Å². The van der Waals surface area contributed by atoms with Crippen LogP contribution < -0.4 is 21.1 Å². The number of rotatable bonds is 0. The summed E-state index contributed by atoms with van der Waals surface area (Å²) < 4.78 is 8.73. The van der Waals surface area contributed by atoms with Crippen LogP contribution in [0.2, 0.25) is 0 Å². The quantitative estimate of drug-likeness (QED) is 0.383. The molecule has 5 aromatic rings. The monoisotopic (exact) mass is 343 g/mol. The molecule has 0 radical (unpaired) electrons. The fraction of sp³-hybridized carbons (Fsp3) is 0. The highest BCUT2D eigenvalue weighted by molar-refractivity contribution is 6.99. The van der Waals surface area contributed by atoms with E-state index < -0.39 is 0 Å². The van der Waals surface area contributed by atoms with Gasteiger partial charge in [-0.15, -0.1) is 0 Å². The lowest BCUT2D eigenvalue weighted by Crippen LogP contribution is -2.58. The van der Waals surface area contributed by atoms with Crippen molar-refractivity contribution in [2.24, 2.45) is 0 Å². The van der Waals surface area contributed by atoms with Crippen LogP contribution in [0.25, 0.3) is 27.5 Å². The van der Waals surface area contributed by atoms with Crippen molar-refractivity contribution in [3.05, 3.63) is 84.9 Å². The lowest BCUT2D eigenvalue weighted by atomic mass is 9.34. The average molecular weight is 343 g/mol. The molecule has 0 bridgehead atoms. The molecule has 0 N–H and O–H groups in total. The lowest BCUT2D eigenvalue weighted by Gasteiger charge is -2.33. The van der Waals surface area contributed by atoms with Crippen LogP contribution in [0.3, 0.4) is 0 Å². The Bertz CT molecular complexity index is 1420. The normalized spacial score (nSPS) is 13.4. The molecule has 3 heterocycles. The van der Waals surface area contributed by atoms with E-state index in [0.29, 0.717) is 0 Å². The van der Waals surface area contributed by atoms with Gasteiger partial charge in [0.15, 0.2) is 0 Å². The smallest absolute Gasteiger partial charge is 0.256 e. The first kappa shape index (κ1) is 13.7. The number of fused-ring (bicyclic) bond motifs is 7. The second kappa shape index (κ2) is 4.63. The van der Waals surface area contributed by atoms with Crippen molar-refractivity contribution in [1.29, 1.82) is 0 Å². The number of hydrogen-bond acceptors (Lipinski definition) is 1. The molecular weight excluding hydrogens is 329 g/mol. The van der Waals surface area contributed by atoms with Gasteiger partial charge in [-0.25, -0.2) is 0 Å². The molecule has 2 nitrogen and oxygen atoms in total. The Hall–Kier alpha value is -3.46. The zero-order valence-corrected chi connectivity index (χ0v) is 14.5. The Balaban J connectivity index is 1.76. The van der Waals surface area contributed by atoms with Crippen molar-refractivity contribution >= 4 is 44.9 Å². The maximum atomic E-state index is 6.31. The minimum Gasteiger partial charge on any atom is -0.458 e. The maximum Gasteiger partial charge on any atom is 0.256 e. The first-order valence-corrected chi connectivity index (χ1v) is 9.34. The summed E-state index contributed by atoms with van der Waals surface area (Å²) in [6.07, 6.45) is 0. The highest BCUT2D eigenvalue weighted by Crippen LogP contribution is 2.36. The van der Waals surface area contributed by atoms with Crippen molar-refractivity contribution < 1.29 is 4.74 Å². The third-order valence-electron chi connectivity index (χ3n) is 6.06. The number of benzene rings is 4. The molecule has 0 atom stereocenters. The molecule has 0 unspecified atom stereocenters. The van der Waals surface area contributed by atoms with E-state index in [4.69, 9.17) is 4.74 Å². The number of nitrogens with zero attached hydrogens (tertiary/aromatic N) is 1. The van der Waals surface area contributed by atoms with E-state index in [1.54, 1.807) is 0 Å². The molecule has 124 valence electrons. The predicted octanol–water partition coefficient (Wildman–Crippen LogP) is 3.72. The third-order valence-corrected chi connectivity index (χ3v) is 6.06. The van der Waals surface area contributed by atoms with Gasteiger partial charge in [-0.3, -0.25) is 0 Å². The van der Waals surface area contributed by atoms with Gasteiger partial charge in [-0.2, -0.15) is 0 Å². The Morgan fingerprint density at radius 1 is 0.630 bits per heavy atom. The fourth-order valence-electron chi connectivity index (χ4n) is 5.04. The van der Waals surface area contributed by atoms with Gasteiger partial charge < -0.3 is 9.30 Å². The molecule has 4 aromatic carbocycles. The number of para-hydroxylation sites is 3. The molecule has 0 spiro atoms. The van der Waals surface area contributed by atoms with Crippen LogP contribution in [-0.2, 0) is 0 Å². The van der Waals surface area contributed by atoms with Gasteiger partial charge in [0.05, 0.1) is 5.52 Å². The van der Waals surface area contributed by atoms with Crippen LogP contribution in [0.4, 0.5) is 0 Å². The molecular formula is C24H14BNO. The summed E-state index contributed by atoms with van der Waals surface area (Å²) in [6, 6.07) is 30.3. The molecule has 7 rings (SSSR count). The summed E-state index contributed by atoms with van der Waals surface area (Å²) in [4.78, 5) is 0. The van der Waals surface area contributed by atoms with Gasteiger partial charge in [0.1, 0.15) is 11.5 Å². The predicted molar refractivity (Wildman–Crippen MR) is 112 cm³/mol. The highest BCUT2D eigenvalue weighted by Gasteiger charge is 2.39. The average Bonchev–Trinajstić information content (AvgIpc) is 3.07. The Labute approximate surface area is 156 Å². The molecule has 27 heavy (non-hydrogen) atoms. The Kier molecular flexibility index (Phi) is 2.35. The van der Waals surface area contributed by atoms with E-state index in [9.17, 15) is 0 Å². The summed E-state index contributed by atoms with van der Waals surface area (Å²) in [5.41, 5.74) is 7.70. The van der Waals surface area contributed by atoms with Crippen molar-refractivity contribution in [3.8, 4) is 17.2 Å². The largest absolute Gasteiger partial charge is 0.458 e. The molecule has 0 saturated heterocycles. The molecule has 3 heteroatoms. The van der Waals surface area contributed by atoms with Crippen LogP contribution in [0.1, 0.15) is 0 Å². The first-order chi connectivity index (χ1) is 13.4. The van der Waals surface area contributed by atoms with E-state index in [-0.39, 0.29) is 6.71 Å². The van der Waals surface area contributed by atoms with Crippen LogP contribution in [0.15, 0.2) is 84.9 Å². The maximum absolute atomic E-state index is 6.31. The minimum absolute atomic E-state index is 0.210. The third kappa shape index (κ3) is 1.54. The van der Waals surface area contributed by atoms with Gasteiger partial charge in [0.25, 0.3) is 6.71 Å². The van der Waals surface area contributed by atoms with Gasteiger partial charge in [0, 0.05) is 22.0 Å². The fourth-order valence-corrected chi connectivity index (χ4v) is 5.04. The van der Waals surface area contributed by atoms with E-state index in [2.05, 4.69) is 83.4 Å². The minimum atomic E-state index is 0.210. The van der Waals surface area contributed by atoms with Gasteiger partial charge in [-0.1, -0.05) is 60.7 Å². The zero-order valence-electron chi connectivity index (χ0n) is 14.5. The van der Waals surface area contributed by atoms with Gasteiger partial charge in [-0.05, 0) is 40.7 Å².